The second-order valence-electron chi connectivity index (χ2n) is 5.72. The van der Waals surface area contributed by atoms with Crippen LogP contribution in [0.4, 0.5) is 4.79 Å². The number of hydrogen-bond donors (Lipinski definition) is 1. The van der Waals surface area contributed by atoms with E-state index in [1.807, 2.05) is 0 Å². The van der Waals surface area contributed by atoms with Gasteiger partial charge in [-0.2, -0.15) is 0 Å². The van der Waals surface area contributed by atoms with Gasteiger partial charge in [0, 0.05) is 5.41 Å². The molecule has 9 heteroatoms. The highest BCUT2D eigenvalue weighted by atomic mass is 32.2. The Morgan fingerprint density at radius 1 is 0.963 bits per heavy atom. The largest absolute Gasteiger partial charge is 0.442 e. The first-order valence-electron chi connectivity index (χ1n) is 7.88. The molecule has 144 valence electrons. The lowest BCUT2D eigenvalue weighted by Gasteiger charge is -2.11. The lowest BCUT2D eigenvalue weighted by Crippen LogP contribution is -2.32. The number of amides is 1. The molecule has 0 heterocycles. The summed E-state index contributed by atoms with van der Waals surface area (Å²) in [5.41, 5.74) is 0.870. The molecule has 0 bridgehead atoms. The van der Waals surface area contributed by atoms with Crippen LogP contribution in [0.3, 0.4) is 0 Å². The highest BCUT2D eigenvalue weighted by molar-refractivity contribution is 7.94. The van der Waals surface area contributed by atoms with E-state index in [9.17, 15) is 21.6 Å². The monoisotopic (exact) mass is 409 g/mol. The third-order valence-electron chi connectivity index (χ3n) is 3.44. The van der Waals surface area contributed by atoms with Crippen LogP contribution in [0.2, 0.25) is 0 Å². The number of benzene rings is 2. The van der Waals surface area contributed by atoms with Gasteiger partial charge in [0.2, 0.25) is 0 Å². The van der Waals surface area contributed by atoms with Crippen molar-refractivity contribution in [1.82, 2.24) is 4.72 Å². The molecule has 0 aliphatic heterocycles. The van der Waals surface area contributed by atoms with Crippen molar-refractivity contribution in [3.63, 3.8) is 0 Å². The second kappa shape index (κ2) is 8.36. The van der Waals surface area contributed by atoms with Crippen molar-refractivity contribution in [2.75, 3.05) is 0 Å². The zero-order valence-corrected chi connectivity index (χ0v) is 16.3. The number of aryl methyl sites for hydroxylation is 1. The van der Waals surface area contributed by atoms with Gasteiger partial charge < -0.3 is 4.74 Å². The Bertz CT molecular complexity index is 1030. The lowest BCUT2D eigenvalue weighted by atomic mass is 10.2. The minimum Gasteiger partial charge on any atom is -0.442 e. The Morgan fingerprint density at radius 2 is 1.56 bits per heavy atom. The number of ether oxygens (including phenoxy) is 1. The topological polar surface area (TPSA) is 107 Å². The molecule has 1 atom stereocenters. The number of hydrogen-bond acceptors (Lipinski definition) is 6. The molecule has 0 saturated carbocycles. The van der Waals surface area contributed by atoms with E-state index < -0.39 is 32.1 Å². The van der Waals surface area contributed by atoms with Crippen molar-refractivity contribution in [2.24, 2.45) is 0 Å². The predicted molar refractivity (Wildman–Crippen MR) is 100 cm³/mol. The smallest absolute Gasteiger partial charge is 0.421 e. The molecule has 0 saturated heterocycles. The Kier molecular flexibility index (Phi) is 6.40. The Hall–Kier alpha value is -2.65. The van der Waals surface area contributed by atoms with Crippen LogP contribution in [0.25, 0.3) is 0 Å². The fourth-order valence-electron chi connectivity index (χ4n) is 2.02. The summed E-state index contributed by atoms with van der Waals surface area (Å²) in [6.45, 7) is 3.21. The van der Waals surface area contributed by atoms with Crippen LogP contribution in [0.1, 0.15) is 12.5 Å². The van der Waals surface area contributed by atoms with E-state index in [2.05, 4.69) is 0 Å². The van der Waals surface area contributed by atoms with Gasteiger partial charge in [-0.1, -0.05) is 35.9 Å². The van der Waals surface area contributed by atoms with E-state index in [1.165, 1.54) is 31.2 Å². The molecule has 0 spiro atoms. The molecule has 27 heavy (non-hydrogen) atoms. The van der Waals surface area contributed by atoms with Crippen LogP contribution in [-0.4, -0.2) is 29.0 Å². The van der Waals surface area contributed by atoms with Crippen LogP contribution in [-0.2, 0) is 24.6 Å². The average Bonchev–Trinajstić information content (AvgIpc) is 2.60. The van der Waals surface area contributed by atoms with Gasteiger partial charge in [-0.3, -0.25) is 0 Å². The maximum absolute atomic E-state index is 12.1. The molecule has 0 aliphatic carbocycles. The molecule has 2 aromatic carbocycles. The third kappa shape index (κ3) is 5.93. The fraction of sp³-hybridized carbons (Fsp3) is 0.167. The van der Waals surface area contributed by atoms with Crippen molar-refractivity contribution in [3.8, 4) is 0 Å². The van der Waals surface area contributed by atoms with Gasteiger partial charge in [-0.15, -0.1) is 0 Å². The molecule has 7 nitrogen and oxygen atoms in total. The van der Waals surface area contributed by atoms with E-state index in [0.717, 1.165) is 17.0 Å². The highest BCUT2D eigenvalue weighted by Crippen LogP contribution is 2.13. The van der Waals surface area contributed by atoms with E-state index in [1.54, 1.807) is 42.0 Å². The SMILES string of the molecule is Cc1ccc(S(=O)(=O)NC(=O)OC(C)/C=C/S(=O)(=O)c2ccccc2)cc1. The number of rotatable bonds is 6. The number of carbonyl (C=O) groups excluding carboxylic acids is 1. The van der Waals surface area contributed by atoms with E-state index >= 15 is 0 Å². The van der Waals surface area contributed by atoms with Crippen LogP contribution in [0, 0.1) is 6.92 Å². The zero-order valence-electron chi connectivity index (χ0n) is 14.7. The van der Waals surface area contributed by atoms with Gasteiger partial charge >= 0.3 is 6.09 Å². The Labute approximate surface area is 158 Å². The number of sulfonamides is 1. The summed E-state index contributed by atoms with van der Waals surface area (Å²) in [5, 5.41) is 0.911. The molecule has 0 aliphatic rings. The normalized spacial score (nSPS) is 13.3. The summed E-state index contributed by atoms with van der Waals surface area (Å²) in [5.74, 6) is 0. The van der Waals surface area contributed by atoms with Crippen LogP contribution >= 0.6 is 0 Å². The molecule has 0 radical (unpaired) electrons. The van der Waals surface area contributed by atoms with E-state index in [-0.39, 0.29) is 9.79 Å². The minimum atomic E-state index is -4.08. The Morgan fingerprint density at radius 3 is 2.15 bits per heavy atom. The van der Waals surface area contributed by atoms with Gasteiger partial charge in [0.05, 0.1) is 9.79 Å². The molecule has 1 amide bonds. The number of sulfone groups is 1. The molecule has 0 fully saturated rings. The van der Waals surface area contributed by atoms with Crippen molar-refractivity contribution in [1.29, 1.82) is 0 Å². The first-order valence-corrected chi connectivity index (χ1v) is 10.9. The molecule has 0 aromatic heterocycles. The van der Waals surface area contributed by atoms with E-state index in [0.29, 0.717) is 0 Å². The van der Waals surface area contributed by atoms with Gasteiger partial charge in [-0.25, -0.2) is 26.4 Å². The second-order valence-corrected chi connectivity index (χ2v) is 9.23. The maximum atomic E-state index is 12.1. The van der Waals surface area contributed by atoms with Crippen molar-refractivity contribution >= 4 is 26.0 Å². The molecular weight excluding hydrogens is 390 g/mol. The maximum Gasteiger partial charge on any atom is 0.421 e. The van der Waals surface area contributed by atoms with Gasteiger partial charge in [0.1, 0.15) is 6.10 Å². The average molecular weight is 409 g/mol. The summed E-state index contributed by atoms with van der Waals surface area (Å²) in [7, 11) is -7.76. The molecule has 1 unspecified atom stereocenters. The number of carbonyl (C=O) groups is 1. The zero-order chi connectivity index (χ0) is 20.1. The lowest BCUT2D eigenvalue weighted by molar-refractivity contribution is 0.133. The van der Waals surface area contributed by atoms with Gasteiger partial charge in [-0.05, 0) is 44.2 Å². The molecule has 1 N–H and O–H groups in total. The minimum absolute atomic E-state index is 0.0834. The first kappa shape index (κ1) is 20.7. The van der Waals surface area contributed by atoms with Crippen LogP contribution in [0.5, 0.6) is 0 Å². The van der Waals surface area contributed by atoms with Gasteiger partial charge in [0.15, 0.2) is 9.84 Å². The Balaban J connectivity index is 2.00. The summed E-state index contributed by atoms with van der Waals surface area (Å²) >= 11 is 0. The summed E-state index contributed by atoms with van der Waals surface area (Å²) < 4.78 is 55.1. The summed E-state index contributed by atoms with van der Waals surface area (Å²) in [6.07, 6.45) is -1.01. The summed E-state index contributed by atoms with van der Waals surface area (Å²) in [4.78, 5) is 11.8. The quantitative estimate of drug-likeness (QED) is 0.786. The fourth-order valence-corrected chi connectivity index (χ4v) is 4.02. The van der Waals surface area contributed by atoms with Gasteiger partial charge in [0.25, 0.3) is 10.0 Å². The molecule has 2 aromatic rings. The molecule has 2 rings (SSSR count). The van der Waals surface area contributed by atoms with Crippen LogP contribution in [0.15, 0.2) is 75.9 Å². The molecular formula is C18H19NO6S2. The number of nitrogens with one attached hydrogen (secondary N) is 1. The van der Waals surface area contributed by atoms with E-state index in [4.69, 9.17) is 4.74 Å². The predicted octanol–water partition coefficient (Wildman–Crippen LogP) is 2.79. The standard InChI is InChI=1S/C18H19NO6S2/c1-14-8-10-17(11-9-14)27(23,24)19-18(20)25-15(2)12-13-26(21,22)16-6-4-3-5-7-16/h3-13,15H,1-2H3,(H,19,20)/b13-12+. The van der Waals surface area contributed by atoms with Crippen molar-refractivity contribution in [3.05, 3.63) is 71.6 Å². The third-order valence-corrected chi connectivity index (χ3v) is 6.22. The van der Waals surface area contributed by atoms with Crippen molar-refractivity contribution in [2.45, 2.75) is 29.7 Å². The summed E-state index contributed by atoms with van der Waals surface area (Å²) in [6, 6.07) is 13.7. The first-order chi connectivity index (χ1) is 12.6. The van der Waals surface area contributed by atoms with Crippen molar-refractivity contribution < 1.29 is 26.4 Å². The van der Waals surface area contributed by atoms with Crippen LogP contribution < -0.4 is 4.72 Å². The highest BCUT2D eigenvalue weighted by Gasteiger charge is 2.19.